The molecule has 2 atom stereocenters. The molecule has 12 nitrogen and oxygen atoms in total. The zero-order chi connectivity index (χ0) is 30.8. The number of ether oxygens (including phenoxy) is 2. The molecule has 1 aromatic carbocycles. The largest absolute Gasteiger partial charge is 0.468 e. The Hall–Kier alpha value is -3.98. The van der Waals surface area contributed by atoms with Crippen LogP contribution in [0, 0.1) is 28.4 Å². The van der Waals surface area contributed by atoms with E-state index >= 15 is 0 Å². The fourth-order valence-corrected chi connectivity index (χ4v) is 6.12. The van der Waals surface area contributed by atoms with Gasteiger partial charge in [0.1, 0.15) is 11.3 Å². The van der Waals surface area contributed by atoms with Crippen LogP contribution in [0.25, 0.3) is 0 Å². The molecule has 1 aliphatic heterocycles. The molecule has 1 aromatic heterocycles. The number of methoxy groups -OCH3 is 1. The first-order valence-corrected chi connectivity index (χ1v) is 14.2. The van der Waals surface area contributed by atoms with E-state index in [1.54, 1.807) is 25.7 Å². The minimum atomic E-state index is -1.20. The van der Waals surface area contributed by atoms with E-state index in [-0.39, 0.29) is 55.0 Å². The number of fused-ring (bicyclic) bond motifs is 1. The minimum absolute atomic E-state index is 0.0141. The van der Waals surface area contributed by atoms with E-state index in [1.807, 2.05) is 25.1 Å². The predicted molar refractivity (Wildman–Crippen MR) is 154 cm³/mol. The summed E-state index contributed by atoms with van der Waals surface area (Å²) >= 11 is 6.37. The highest BCUT2D eigenvalue weighted by Crippen LogP contribution is 2.44. The first kappa shape index (κ1) is 31.0. The minimum Gasteiger partial charge on any atom is -0.468 e. The van der Waals surface area contributed by atoms with Crippen molar-refractivity contribution in [1.29, 1.82) is 5.26 Å². The third-order valence-electron chi connectivity index (χ3n) is 7.70. The van der Waals surface area contributed by atoms with E-state index in [4.69, 9.17) is 21.1 Å². The van der Waals surface area contributed by atoms with Crippen LogP contribution in [0.15, 0.2) is 18.2 Å². The second kappa shape index (κ2) is 12.1. The molecule has 2 aromatic rings. The number of hydrogen-bond acceptors (Lipinski definition) is 10. The number of rotatable bonds is 6. The number of benzene rings is 1. The molecule has 4 rings (SSSR count). The molecule has 0 N–H and O–H groups in total. The molecule has 0 spiro atoms. The summed E-state index contributed by atoms with van der Waals surface area (Å²) in [5.41, 5.74) is 0.512. The van der Waals surface area contributed by atoms with Crippen LogP contribution >= 0.6 is 11.6 Å². The lowest BCUT2D eigenvalue weighted by Gasteiger charge is -2.41. The van der Waals surface area contributed by atoms with E-state index < -0.39 is 34.0 Å². The van der Waals surface area contributed by atoms with Gasteiger partial charge in [-0.2, -0.15) is 10.2 Å². The number of aryl methyl sites for hydroxylation is 2. The van der Waals surface area contributed by atoms with Crippen molar-refractivity contribution in [3.8, 4) is 6.07 Å². The molecule has 224 valence electrons. The molecule has 13 heteroatoms. The Morgan fingerprint density at radius 3 is 2.67 bits per heavy atom. The van der Waals surface area contributed by atoms with Crippen molar-refractivity contribution in [3.63, 3.8) is 0 Å². The Morgan fingerprint density at radius 2 is 2.02 bits per heavy atom. The summed E-state index contributed by atoms with van der Waals surface area (Å²) in [7, 11) is 1.30. The number of aromatic nitrogens is 2. The van der Waals surface area contributed by atoms with E-state index in [1.165, 1.54) is 12.0 Å². The molecule has 2 heterocycles. The number of anilines is 1. The summed E-state index contributed by atoms with van der Waals surface area (Å²) in [5, 5.41) is 21.9. The van der Waals surface area contributed by atoms with Crippen molar-refractivity contribution < 1.29 is 24.0 Å². The Labute approximate surface area is 249 Å². The summed E-state index contributed by atoms with van der Waals surface area (Å²) in [6.45, 7) is 7.64. The topological polar surface area (TPSA) is 152 Å². The van der Waals surface area contributed by atoms with Crippen LogP contribution < -0.4 is 4.90 Å². The van der Waals surface area contributed by atoms with Gasteiger partial charge < -0.3 is 19.3 Å². The van der Waals surface area contributed by atoms with Gasteiger partial charge >= 0.3 is 17.7 Å². The summed E-state index contributed by atoms with van der Waals surface area (Å²) in [5.74, 6) is -0.528. The highest BCUT2D eigenvalue weighted by Gasteiger charge is 2.47. The standard InChI is InChI=1S/C29H35ClN6O6/c1-18-8-9-21-19(15-18)7-6-11-29(21,25(37)41-5)16-22-23(36(39)40)24(33-26(30)32-22)34-13-14-35(20(17-34)10-12-31)27(38)42-28(2,3)4/h8-9,15,20H,6-7,10-11,13-14,16-17H2,1-5H3/t20-,29?/m0/s1. The SMILES string of the molecule is COC(=O)C1(Cc2nc(Cl)nc(N3CCN(C(=O)OC(C)(C)C)[C@@H](CC#N)C3)c2[N+](=O)[O-])CCCc2cc(C)ccc21. The molecule has 0 saturated carbocycles. The van der Waals surface area contributed by atoms with Gasteiger partial charge in [-0.3, -0.25) is 14.9 Å². The monoisotopic (exact) mass is 598 g/mol. The molecule has 1 saturated heterocycles. The normalized spacial score (nSPS) is 20.4. The Kier molecular flexibility index (Phi) is 8.92. The number of amides is 1. The van der Waals surface area contributed by atoms with Gasteiger partial charge in [0.15, 0.2) is 0 Å². The molecular weight excluding hydrogens is 564 g/mol. The highest BCUT2D eigenvalue weighted by molar-refractivity contribution is 6.28. The molecule has 1 fully saturated rings. The number of halogens is 1. The first-order valence-electron chi connectivity index (χ1n) is 13.8. The van der Waals surface area contributed by atoms with Crippen molar-refractivity contribution in [3.05, 3.63) is 56.0 Å². The van der Waals surface area contributed by atoms with Crippen LogP contribution in [0.2, 0.25) is 5.28 Å². The van der Waals surface area contributed by atoms with Crippen LogP contribution in [-0.4, -0.2) is 70.2 Å². The number of nitro groups is 1. The number of hydrogen-bond donors (Lipinski definition) is 0. The van der Waals surface area contributed by atoms with E-state index in [9.17, 15) is 25.0 Å². The number of esters is 1. The van der Waals surface area contributed by atoms with Gasteiger partial charge in [0.05, 0.1) is 36.0 Å². The average molecular weight is 599 g/mol. The molecule has 1 unspecified atom stereocenters. The van der Waals surface area contributed by atoms with Gasteiger partial charge in [0.25, 0.3) is 0 Å². The van der Waals surface area contributed by atoms with Gasteiger partial charge in [-0.1, -0.05) is 23.8 Å². The Morgan fingerprint density at radius 1 is 1.29 bits per heavy atom. The van der Waals surface area contributed by atoms with Crippen LogP contribution in [0.1, 0.15) is 62.4 Å². The van der Waals surface area contributed by atoms with E-state index in [2.05, 4.69) is 16.0 Å². The zero-order valence-corrected chi connectivity index (χ0v) is 25.2. The maximum Gasteiger partial charge on any atom is 0.410 e. The van der Waals surface area contributed by atoms with Crippen LogP contribution in [0.4, 0.5) is 16.3 Å². The molecule has 42 heavy (non-hydrogen) atoms. The predicted octanol–water partition coefficient (Wildman–Crippen LogP) is 4.68. The van der Waals surface area contributed by atoms with Crippen molar-refractivity contribution in [2.24, 2.45) is 0 Å². The van der Waals surface area contributed by atoms with E-state index in [0.29, 0.717) is 12.8 Å². The van der Waals surface area contributed by atoms with Crippen molar-refractivity contribution in [2.75, 3.05) is 31.6 Å². The molecule has 1 aliphatic carbocycles. The van der Waals surface area contributed by atoms with Gasteiger partial charge in [-0.05, 0) is 69.7 Å². The fourth-order valence-electron chi connectivity index (χ4n) is 5.94. The lowest BCUT2D eigenvalue weighted by molar-refractivity contribution is -0.385. The van der Waals surface area contributed by atoms with Crippen LogP contribution in [0.5, 0.6) is 0 Å². The Balaban J connectivity index is 1.76. The Bertz CT molecular complexity index is 1440. The molecule has 2 aliphatic rings. The smallest absolute Gasteiger partial charge is 0.410 e. The van der Waals surface area contributed by atoms with Crippen molar-refractivity contribution >= 4 is 35.2 Å². The second-order valence-corrected chi connectivity index (χ2v) is 12.1. The van der Waals surface area contributed by atoms with Gasteiger partial charge in [-0.15, -0.1) is 0 Å². The number of nitrogens with zero attached hydrogens (tertiary/aromatic N) is 6. The number of carbonyl (C=O) groups excluding carboxylic acids is 2. The highest BCUT2D eigenvalue weighted by atomic mass is 35.5. The molecule has 0 bridgehead atoms. The summed E-state index contributed by atoms with van der Waals surface area (Å²) < 4.78 is 10.8. The van der Waals surface area contributed by atoms with Crippen molar-refractivity contribution in [2.45, 2.75) is 76.9 Å². The van der Waals surface area contributed by atoms with Gasteiger partial charge in [0, 0.05) is 26.1 Å². The number of piperazine rings is 1. The lowest BCUT2D eigenvalue weighted by atomic mass is 9.67. The lowest BCUT2D eigenvalue weighted by Crippen LogP contribution is -2.56. The molecule has 0 radical (unpaired) electrons. The quantitative estimate of drug-likeness (QED) is 0.198. The summed E-state index contributed by atoms with van der Waals surface area (Å²) in [4.78, 5) is 50.0. The fraction of sp³-hybridized carbons (Fsp3) is 0.552. The second-order valence-electron chi connectivity index (χ2n) is 11.8. The first-order chi connectivity index (χ1) is 19.8. The van der Waals surface area contributed by atoms with E-state index in [0.717, 1.165) is 23.1 Å². The maximum atomic E-state index is 13.4. The van der Waals surface area contributed by atoms with Gasteiger partial charge in [0.2, 0.25) is 11.1 Å². The van der Waals surface area contributed by atoms with Gasteiger partial charge in [-0.25, -0.2) is 9.78 Å². The molecular formula is C29H35ClN6O6. The third-order valence-corrected chi connectivity index (χ3v) is 7.87. The van der Waals surface area contributed by atoms with Crippen LogP contribution in [0.3, 0.4) is 0 Å². The summed E-state index contributed by atoms with van der Waals surface area (Å²) in [6, 6.07) is 7.31. The molecule has 1 amide bonds. The number of nitriles is 1. The number of carbonyl (C=O) groups is 2. The van der Waals surface area contributed by atoms with Crippen molar-refractivity contribution in [1.82, 2.24) is 14.9 Å². The maximum absolute atomic E-state index is 13.4. The third kappa shape index (κ3) is 6.26. The van der Waals surface area contributed by atoms with Crippen LogP contribution in [-0.2, 0) is 32.5 Å². The average Bonchev–Trinajstić information content (AvgIpc) is 2.91. The zero-order valence-electron chi connectivity index (χ0n) is 24.5. The summed E-state index contributed by atoms with van der Waals surface area (Å²) in [6.07, 6.45) is 1.19.